The Morgan fingerprint density at radius 1 is 1.32 bits per heavy atom. The molecule has 0 atom stereocenters. The van der Waals surface area contributed by atoms with Crippen LogP contribution in [0.1, 0.15) is 25.7 Å². The first kappa shape index (κ1) is 14.5. The van der Waals surface area contributed by atoms with Gasteiger partial charge in [-0.3, -0.25) is 4.79 Å². The first-order chi connectivity index (χ1) is 9.16. The van der Waals surface area contributed by atoms with Gasteiger partial charge in [0.05, 0.1) is 0 Å². The highest BCUT2D eigenvalue weighted by atomic mass is 35.5. The number of aromatic nitrogens is 2. The molecule has 0 unspecified atom stereocenters. The third-order valence-electron chi connectivity index (χ3n) is 3.26. The lowest BCUT2D eigenvalue weighted by atomic mass is 9.93. The van der Waals surface area contributed by atoms with Crippen molar-refractivity contribution in [3.05, 3.63) is 16.6 Å². The second-order valence-electron chi connectivity index (χ2n) is 4.61. The molecule has 1 aromatic heterocycles. The number of rotatable bonds is 4. The van der Waals surface area contributed by atoms with E-state index in [2.05, 4.69) is 20.6 Å². The minimum absolute atomic E-state index is 0.0999. The average Bonchev–Trinajstić information content (AvgIpc) is 2.42. The summed E-state index contributed by atoms with van der Waals surface area (Å²) in [7, 11) is 0. The summed E-state index contributed by atoms with van der Waals surface area (Å²) in [4.78, 5) is 19.4. The van der Waals surface area contributed by atoms with Crippen molar-refractivity contribution in [3.8, 4) is 0 Å². The van der Waals surface area contributed by atoms with Crippen LogP contribution in [0.2, 0.25) is 10.3 Å². The minimum Gasteiger partial charge on any atom is -0.321 e. The highest BCUT2D eigenvalue weighted by Gasteiger charge is 2.16. The van der Waals surface area contributed by atoms with E-state index in [1.165, 1.54) is 6.33 Å². The van der Waals surface area contributed by atoms with E-state index in [-0.39, 0.29) is 16.2 Å². The van der Waals surface area contributed by atoms with Crippen LogP contribution >= 0.6 is 23.2 Å². The number of nitrogens with one attached hydrogen (secondary N) is 2. The summed E-state index contributed by atoms with van der Waals surface area (Å²) in [6, 6.07) is 0. The van der Waals surface area contributed by atoms with Crippen molar-refractivity contribution in [2.45, 2.75) is 25.7 Å². The molecule has 7 heteroatoms. The second kappa shape index (κ2) is 7.03. The molecule has 0 bridgehead atoms. The maximum Gasteiger partial charge on any atom is 0.224 e. The zero-order chi connectivity index (χ0) is 13.7. The summed E-state index contributed by atoms with van der Waals surface area (Å²) in [5.74, 6) is 0.516. The van der Waals surface area contributed by atoms with Crippen molar-refractivity contribution in [3.63, 3.8) is 0 Å². The van der Waals surface area contributed by atoms with Crippen LogP contribution in [0.5, 0.6) is 0 Å². The van der Waals surface area contributed by atoms with Gasteiger partial charge in [-0.1, -0.05) is 23.2 Å². The summed E-state index contributed by atoms with van der Waals surface area (Å²) < 4.78 is 0. The fourth-order valence-corrected chi connectivity index (χ4v) is 2.56. The summed E-state index contributed by atoms with van der Waals surface area (Å²) in [5.41, 5.74) is 0.293. The molecule has 104 valence electrons. The Hall–Kier alpha value is -0.910. The first-order valence-corrected chi connectivity index (χ1v) is 7.09. The van der Waals surface area contributed by atoms with Gasteiger partial charge in [-0.05, 0) is 38.3 Å². The Kier molecular flexibility index (Phi) is 5.36. The zero-order valence-corrected chi connectivity index (χ0v) is 12.0. The molecule has 0 spiro atoms. The number of halogens is 2. The molecular weight excluding hydrogens is 287 g/mol. The van der Waals surface area contributed by atoms with Gasteiger partial charge in [0.15, 0.2) is 10.3 Å². The van der Waals surface area contributed by atoms with Gasteiger partial charge in [0.1, 0.15) is 12.0 Å². The molecule has 1 aromatic rings. The predicted octanol–water partition coefficient (Wildman–Crippen LogP) is 2.50. The van der Waals surface area contributed by atoms with Gasteiger partial charge in [0.2, 0.25) is 5.91 Å². The van der Waals surface area contributed by atoms with Crippen LogP contribution in [0.3, 0.4) is 0 Å². The third kappa shape index (κ3) is 4.30. The SMILES string of the molecule is O=C(CCC1CCNCC1)Nc1c(Cl)ncnc1Cl. The van der Waals surface area contributed by atoms with Crippen LogP contribution in [0.25, 0.3) is 0 Å². The number of hydrogen-bond acceptors (Lipinski definition) is 4. The number of carbonyl (C=O) groups excluding carboxylic acids is 1. The van der Waals surface area contributed by atoms with Gasteiger partial charge in [-0.2, -0.15) is 0 Å². The number of carbonyl (C=O) groups is 1. The molecule has 1 amide bonds. The van der Waals surface area contributed by atoms with Gasteiger partial charge >= 0.3 is 0 Å². The van der Waals surface area contributed by atoms with Crippen LogP contribution in [0.4, 0.5) is 5.69 Å². The average molecular weight is 303 g/mol. The lowest BCUT2D eigenvalue weighted by Gasteiger charge is -2.22. The molecule has 2 N–H and O–H groups in total. The minimum atomic E-state index is -0.0999. The van der Waals surface area contributed by atoms with Crippen molar-refractivity contribution in [2.75, 3.05) is 18.4 Å². The third-order valence-corrected chi connectivity index (χ3v) is 3.83. The molecule has 0 aromatic carbocycles. The number of hydrogen-bond donors (Lipinski definition) is 2. The molecule has 0 radical (unpaired) electrons. The fourth-order valence-electron chi connectivity index (χ4n) is 2.16. The Morgan fingerprint density at radius 3 is 2.58 bits per heavy atom. The maximum absolute atomic E-state index is 11.9. The number of anilines is 1. The summed E-state index contributed by atoms with van der Waals surface area (Å²) in [6.45, 7) is 2.08. The van der Waals surface area contributed by atoms with E-state index >= 15 is 0 Å². The van der Waals surface area contributed by atoms with Crippen molar-refractivity contribution in [1.29, 1.82) is 0 Å². The highest BCUT2D eigenvalue weighted by molar-refractivity contribution is 6.38. The first-order valence-electron chi connectivity index (χ1n) is 6.33. The van der Waals surface area contributed by atoms with Crippen molar-refractivity contribution >= 4 is 34.8 Å². The maximum atomic E-state index is 11.9. The fraction of sp³-hybridized carbons (Fsp3) is 0.583. The van der Waals surface area contributed by atoms with Gasteiger partial charge in [-0.15, -0.1) is 0 Å². The van der Waals surface area contributed by atoms with E-state index < -0.39 is 0 Å². The van der Waals surface area contributed by atoms with E-state index in [0.717, 1.165) is 32.4 Å². The zero-order valence-electron chi connectivity index (χ0n) is 10.5. The molecule has 5 nitrogen and oxygen atoms in total. The lowest BCUT2D eigenvalue weighted by molar-refractivity contribution is -0.116. The second-order valence-corrected chi connectivity index (χ2v) is 5.33. The van der Waals surface area contributed by atoms with E-state index in [9.17, 15) is 4.79 Å². The summed E-state index contributed by atoms with van der Waals surface area (Å²) in [6.07, 6.45) is 4.87. The molecule has 2 rings (SSSR count). The predicted molar refractivity (Wildman–Crippen MR) is 75.5 cm³/mol. The van der Waals surface area contributed by atoms with Gasteiger partial charge in [0.25, 0.3) is 0 Å². The Balaban J connectivity index is 1.83. The van der Waals surface area contributed by atoms with Gasteiger partial charge in [-0.25, -0.2) is 9.97 Å². The summed E-state index contributed by atoms with van der Waals surface area (Å²) >= 11 is 11.7. The number of nitrogens with zero attached hydrogens (tertiary/aromatic N) is 2. The van der Waals surface area contributed by atoms with Crippen LogP contribution in [0, 0.1) is 5.92 Å². The van der Waals surface area contributed by atoms with Gasteiger partial charge < -0.3 is 10.6 Å². The molecule has 1 saturated heterocycles. The van der Waals surface area contributed by atoms with E-state index in [1.807, 2.05) is 0 Å². The number of amides is 1. The van der Waals surface area contributed by atoms with Crippen molar-refractivity contribution in [2.24, 2.45) is 5.92 Å². The molecule has 1 aliphatic heterocycles. The Bertz CT molecular complexity index is 429. The van der Waals surface area contributed by atoms with Gasteiger partial charge in [0, 0.05) is 6.42 Å². The molecule has 1 fully saturated rings. The molecule has 2 heterocycles. The van der Waals surface area contributed by atoms with Crippen molar-refractivity contribution in [1.82, 2.24) is 15.3 Å². The lowest BCUT2D eigenvalue weighted by Crippen LogP contribution is -2.28. The Labute approximate surface area is 122 Å². The molecule has 0 saturated carbocycles. The molecular formula is C12H16Cl2N4O. The number of piperidine rings is 1. The molecule has 19 heavy (non-hydrogen) atoms. The van der Waals surface area contributed by atoms with Crippen molar-refractivity contribution < 1.29 is 4.79 Å². The van der Waals surface area contributed by atoms with Crippen LogP contribution in [-0.4, -0.2) is 29.0 Å². The molecule has 0 aliphatic carbocycles. The van der Waals surface area contributed by atoms with E-state index in [4.69, 9.17) is 23.2 Å². The van der Waals surface area contributed by atoms with Crippen LogP contribution in [0.15, 0.2) is 6.33 Å². The van der Waals surface area contributed by atoms with E-state index in [0.29, 0.717) is 18.0 Å². The monoisotopic (exact) mass is 302 g/mol. The van der Waals surface area contributed by atoms with E-state index in [1.54, 1.807) is 0 Å². The van der Waals surface area contributed by atoms with Crippen LogP contribution in [-0.2, 0) is 4.79 Å². The standard InChI is InChI=1S/C12H16Cl2N4O/c13-11-10(12(14)17-7-16-11)18-9(19)2-1-8-3-5-15-6-4-8/h7-8,15H,1-6H2,(H,18,19). The van der Waals surface area contributed by atoms with Crippen LogP contribution < -0.4 is 10.6 Å². The normalized spacial score (nSPS) is 16.3. The molecule has 1 aliphatic rings. The Morgan fingerprint density at radius 2 is 1.95 bits per heavy atom. The quantitative estimate of drug-likeness (QED) is 0.839. The highest BCUT2D eigenvalue weighted by Crippen LogP contribution is 2.26. The largest absolute Gasteiger partial charge is 0.321 e. The topological polar surface area (TPSA) is 66.9 Å². The smallest absolute Gasteiger partial charge is 0.224 e. The summed E-state index contributed by atoms with van der Waals surface area (Å²) in [5, 5.41) is 6.30.